The van der Waals surface area contributed by atoms with Gasteiger partial charge in [0, 0.05) is 12.5 Å². The van der Waals surface area contributed by atoms with E-state index in [4.69, 9.17) is 0 Å². The Morgan fingerprint density at radius 1 is 1.00 bits per heavy atom. The summed E-state index contributed by atoms with van der Waals surface area (Å²) < 4.78 is 27.2. The van der Waals surface area contributed by atoms with E-state index < -0.39 is 29.3 Å². The molecule has 1 fully saturated rings. The van der Waals surface area contributed by atoms with E-state index in [0.29, 0.717) is 6.42 Å². The fourth-order valence-corrected chi connectivity index (χ4v) is 2.50. The van der Waals surface area contributed by atoms with Crippen molar-refractivity contribution in [2.24, 2.45) is 0 Å². The van der Waals surface area contributed by atoms with Crippen LogP contribution in [0.5, 0.6) is 0 Å². The summed E-state index contributed by atoms with van der Waals surface area (Å²) in [5.74, 6) is -2.52. The molecule has 4 nitrogen and oxygen atoms in total. The van der Waals surface area contributed by atoms with Gasteiger partial charge in [0.1, 0.15) is 17.2 Å². The third kappa shape index (κ3) is 2.98. The van der Waals surface area contributed by atoms with Crippen molar-refractivity contribution in [3.63, 3.8) is 0 Å². The highest BCUT2D eigenvalue weighted by molar-refractivity contribution is 5.94. The summed E-state index contributed by atoms with van der Waals surface area (Å²) in [5, 5.41) is 2.58. The van der Waals surface area contributed by atoms with E-state index in [1.54, 1.807) is 0 Å². The Hall–Kier alpha value is -2.31. The summed E-state index contributed by atoms with van der Waals surface area (Å²) in [6.07, 6.45) is 0.169. The van der Waals surface area contributed by atoms with Gasteiger partial charge in [0.05, 0.1) is 6.17 Å². The van der Waals surface area contributed by atoms with Crippen LogP contribution < -0.4 is 16.2 Å². The molecule has 0 spiro atoms. The van der Waals surface area contributed by atoms with E-state index in [-0.39, 0.29) is 6.04 Å². The second-order valence-corrected chi connectivity index (χ2v) is 5.11. The Bertz CT molecular complexity index is 658. The van der Waals surface area contributed by atoms with Gasteiger partial charge in [-0.25, -0.2) is 19.6 Å². The number of hydrogen-bond acceptors (Lipinski definition) is 3. The van der Waals surface area contributed by atoms with Gasteiger partial charge in [-0.3, -0.25) is 4.79 Å². The highest BCUT2D eigenvalue weighted by Crippen LogP contribution is 2.21. The van der Waals surface area contributed by atoms with Gasteiger partial charge in [-0.2, -0.15) is 0 Å². The molecule has 1 heterocycles. The van der Waals surface area contributed by atoms with Crippen LogP contribution in [0.4, 0.5) is 8.78 Å². The van der Waals surface area contributed by atoms with Crippen molar-refractivity contribution in [3.8, 4) is 0 Å². The van der Waals surface area contributed by atoms with Crippen molar-refractivity contribution in [1.82, 2.24) is 16.2 Å². The standard InChI is InChI=1S/C16H15F2N3O/c17-11-7-4-8-12(18)15(11)16(22)19-14-9-13(20-21-14)10-5-2-1-3-6-10/h1-8,13-14,20-21H,9H2,(H,19,22). The smallest absolute Gasteiger partial charge is 0.258 e. The van der Waals surface area contributed by atoms with E-state index in [9.17, 15) is 13.6 Å². The summed E-state index contributed by atoms with van der Waals surface area (Å²) in [5.41, 5.74) is 6.49. The van der Waals surface area contributed by atoms with Crippen LogP contribution in [-0.2, 0) is 0 Å². The number of carbonyl (C=O) groups excluding carboxylic acids is 1. The topological polar surface area (TPSA) is 53.2 Å². The van der Waals surface area contributed by atoms with Gasteiger partial charge in [0.2, 0.25) is 0 Å². The van der Waals surface area contributed by atoms with Crippen molar-refractivity contribution in [2.75, 3.05) is 0 Å². The lowest BCUT2D eigenvalue weighted by atomic mass is 10.0. The maximum atomic E-state index is 13.6. The lowest BCUT2D eigenvalue weighted by molar-refractivity contribution is 0.0923. The van der Waals surface area contributed by atoms with E-state index >= 15 is 0 Å². The number of halogens is 2. The number of nitrogens with one attached hydrogen (secondary N) is 3. The molecule has 3 rings (SSSR count). The van der Waals surface area contributed by atoms with Crippen LogP contribution in [0.15, 0.2) is 48.5 Å². The van der Waals surface area contributed by atoms with Gasteiger partial charge in [0.15, 0.2) is 0 Å². The van der Waals surface area contributed by atoms with Gasteiger partial charge in [0.25, 0.3) is 5.91 Å². The number of benzene rings is 2. The van der Waals surface area contributed by atoms with Crippen molar-refractivity contribution in [3.05, 3.63) is 71.3 Å². The minimum Gasteiger partial charge on any atom is -0.335 e. The van der Waals surface area contributed by atoms with Crippen LogP contribution in [0.3, 0.4) is 0 Å². The molecule has 0 aromatic heterocycles. The summed E-state index contributed by atoms with van der Waals surface area (Å²) >= 11 is 0. The molecule has 6 heteroatoms. The molecule has 3 N–H and O–H groups in total. The monoisotopic (exact) mass is 303 g/mol. The molecule has 22 heavy (non-hydrogen) atoms. The largest absolute Gasteiger partial charge is 0.335 e. The lowest BCUT2D eigenvalue weighted by Gasteiger charge is -2.13. The summed E-state index contributed by atoms with van der Waals surface area (Å²) in [6.45, 7) is 0. The molecule has 0 aliphatic carbocycles. The first-order valence-electron chi connectivity index (χ1n) is 6.96. The van der Waals surface area contributed by atoms with E-state index in [0.717, 1.165) is 17.7 Å². The Labute approximate surface area is 126 Å². The average Bonchev–Trinajstić information content (AvgIpc) is 2.96. The van der Waals surface area contributed by atoms with Crippen LogP contribution in [0.25, 0.3) is 0 Å². The molecule has 2 atom stereocenters. The molecular weight excluding hydrogens is 288 g/mol. The Balaban J connectivity index is 1.66. The van der Waals surface area contributed by atoms with E-state index in [1.165, 1.54) is 6.07 Å². The summed E-state index contributed by atoms with van der Waals surface area (Å²) in [6, 6.07) is 13.1. The van der Waals surface area contributed by atoms with Crippen molar-refractivity contribution >= 4 is 5.91 Å². The molecule has 0 radical (unpaired) electrons. The predicted molar refractivity (Wildman–Crippen MR) is 77.7 cm³/mol. The normalized spacial score (nSPS) is 20.8. The molecule has 1 aliphatic rings. The minimum absolute atomic E-state index is 0.0250. The Morgan fingerprint density at radius 2 is 1.68 bits per heavy atom. The van der Waals surface area contributed by atoms with Crippen LogP contribution >= 0.6 is 0 Å². The minimum atomic E-state index is -0.872. The van der Waals surface area contributed by atoms with Crippen LogP contribution in [0, 0.1) is 11.6 Å². The number of amides is 1. The second-order valence-electron chi connectivity index (χ2n) is 5.11. The number of hydrazine groups is 1. The summed E-state index contributed by atoms with van der Waals surface area (Å²) in [7, 11) is 0. The van der Waals surface area contributed by atoms with Crippen LogP contribution in [0.2, 0.25) is 0 Å². The highest BCUT2D eigenvalue weighted by Gasteiger charge is 2.27. The zero-order valence-electron chi connectivity index (χ0n) is 11.6. The summed E-state index contributed by atoms with van der Waals surface area (Å²) in [4.78, 5) is 12.0. The number of rotatable bonds is 3. The first-order chi connectivity index (χ1) is 10.6. The molecule has 2 aromatic carbocycles. The van der Waals surface area contributed by atoms with Gasteiger partial charge < -0.3 is 5.32 Å². The Morgan fingerprint density at radius 3 is 2.36 bits per heavy atom. The molecule has 1 saturated heterocycles. The van der Waals surface area contributed by atoms with Gasteiger partial charge in [-0.05, 0) is 17.7 Å². The van der Waals surface area contributed by atoms with Crippen LogP contribution in [-0.4, -0.2) is 12.1 Å². The third-order valence-electron chi connectivity index (χ3n) is 3.60. The molecule has 0 saturated carbocycles. The second kappa shape index (κ2) is 6.21. The maximum Gasteiger partial charge on any atom is 0.258 e. The van der Waals surface area contributed by atoms with Crippen LogP contribution in [0.1, 0.15) is 28.4 Å². The molecular formula is C16H15F2N3O. The fourth-order valence-electron chi connectivity index (χ4n) is 2.50. The lowest BCUT2D eigenvalue weighted by Crippen LogP contribution is -2.44. The fraction of sp³-hybridized carbons (Fsp3) is 0.188. The Kier molecular flexibility index (Phi) is 4.13. The van der Waals surface area contributed by atoms with Gasteiger partial charge in [-0.15, -0.1) is 0 Å². The number of hydrogen-bond donors (Lipinski definition) is 3. The highest BCUT2D eigenvalue weighted by atomic mass is 19.1. The SMILES string of the molecule is O=C(NC1CC(c2ccccc2)NN1)c1c(F)cccc1F. The third-order valence-corrected chi connectivity index (χ3v) is 3.60. The quantitative estimate of drug-likeness (QED) is 0.815. The average molecular weight is 303 g/mol. The molecule has 0 bridgehead atoms. The number of carbonyl (C=O) groups is 1. The maximum absolute atomic E-state index is 13.6. The molecule has 114 valence electrons. The first-order valence-corrected chi connectivity index (χ1v) is 6.96. The van der Waals surface area contributed by atoms with E-state index in [2.05, 4.69) is 16.2 Å². The van der Waals surface area contributed by atoms with E-state index in [1.807, 2.05) is 30.3 Å². The van der Waals surface area contributed by atoms with Gasteiger partial charge >= 0.3 is 0 Å². The molecule has 2 unspecified atom stereocenters. The van der Waals surface area contributed by atoms with Gasteiger partial charge in [-0.1, -0.05) is 36.4 Å². The first kappa shape index (κ1) is 14.6. The molecule has 1 amide bonds. The predicted octanol–water partition coefficient (Wildman–Crippen LogP) is 2.26. The molecule has 2 aromatic rings. The molecule has 1 aliphatic heterocycles. The zero-order chi connectivity index (χ0) is 15.5. The van der Waals surface area contributed by atoms with Crippen molar-refractivity contribution < 1.29 is 13.6 Å². The van der Waals surface area contributed by atoms with Crippen molar-refractivity contribution in [1.29, 1.82) is 0 Å². The zero-order valence-corrected chi connectivity index (χ0v) is 11.6. The van der Waals surface area contributed by atoms with Crippen molar-refractivity contribution in [2.45, 2.75) is 18.6 Å².